The zero-order chi connectivity index (χ0) is 25.8. The number of likely N-dealkylation sites (N-methyl/N-ethyl adjacent to an activating group) is 1. The predicted molar refractivity (Wildman–Crippen MR) is 146 cm³/mol. The molecule has 37 heavy (non-hydrogen) atoms. The third-order valence-electron chi connectivity index (χ3n) is 7.13. The molecule has 5 rings (SSSR count). The summed E-state index contributed by atoms with van der Waals surface area (Å²) in [6.07, 6.45) is 0.0711. The first-order valence-corrected chi connectivity index (χ1v) is 12.9. The van der Waals surface area contributed by atoms with E-state index in [9.17, 15) is 9.59 Å². The lowest BCUT2D eigenvalue weighted by molar-refractivity contribution is -0.142. The number of aromatic nitrogens is 2. The summed E-state index contributed by atoms with van der Waals surface area (Å²) < 4.78 is 1.98. The summed E-state index contributed by atoms with van der Waals surface area (Å²) in [5.74, 6) is 0.623. The number of hydrogen-bond donors (Lipinski definition) is 1. The van der Waals surface area contributed by atoms with E-state index in [-0.39, 0.29) is 24.3 Å². The number of nitrogens with one attached hydrogen (secondary N) is 1. The molecule has 2 atom stereocenters. The van der Waals surface area contributed by atoms with Crippen molar-refractivity contribution in [2.75, 3.05) is 24.5 Å². The minimum absolute atomic E-state index is 0.0540. The Bertz CT molecular complexity index is 1370. The highest BCUT2D eigenvalue weighted by Gasteiger charge is 2.40. The molecular formula is C30H33N5O2. The number of amides is 2. The summed E-state index contributed by atoms with van der Waals surface area (Å²) in [6, 6.07) is 27.1. The molecule has 1 aromatic heterocycles. The van der Waals surface area contributed by atoms with Gasteiger partial charge in [0, 0.05) is 31.9 Å². The van der Waals surface area contributed by atoms with Crippen LogP contribution in [0.25, 0.3) is 11.0 Å². The van der Waals surface area contributed by atoms with Crippen LogP contribution in [0.3, 0.4) is 0 Å². The van der Waals surface area contributed by atoms with Crippen LogP contribution in [0, 0.1) is 0 Å². The number of anilines is 1. The van der Waals surface area contributed by atoms with Gasteiger partial charge in [-0.05, 0) is 43.7 Å². The monoisotopic (exact) mass is 495 g/mol. The lowest BCUT2D eigenvalue weighted by Crippen LogP contribution is -2.46. The Balaban J connectivity index is 1.35. The summed E-state index contributed by atoms with van der Waals surface area (Å²) in [5.41, 5.74) is 3.90. The van der Waals surface area contributed by atoms with Crippen molar-refractivity contribution in [3.05, 3.63) is 96.3 Å². The lowest BCUT2D eigenvalue weighted by Gasteiger charge is -2.38. The molecule has 190 valence electrons. The smallest absolute Gasteiger partial charge is 0.247 e. The summed E-state index contributed by atoms with van der Waals surface area (Å²) in [7, 11) is 0. The Morgan fingerprint density at radius 2 is 1.65 bits per heavy atom. The van der Waals surface area contributed by atoms with Gasteiger partial charge >= 0.3 is 0 Å². The molecule has 0 saturated heterocycles. The maximum atomic E-state index is 13.9. The van der Waals surface area contributed by atoms with E-state index in [1.165, 1.54) is 0 Å². The van der Waals surface area contributed by atoms with Crippen molar-refractivity contribution in [1.82, 2.24) is 19.8 Å². The number of rotatable bonds is 9. The van der Waals surface area contributed by atoms with Crippen molar-refractivity contribution in [3.8, 4) is 0 Å². The van der Waals surface area contributed by atoms with Gasteiger partial charge in [0.15, 0.2) is 0 Å². The van der Waals surface area contributed by atoms with Gasteiger partial charge in [-0.2, -0.15) is 0 Å². The second-order valence-electron chi connectivity index (χ2n) is 9.44. The van der Waals surface area contributed by atoms with E-state index in [4.69, 9.17) is 4.98 Å². The largest absolute Gasteiger partial charge is 0.370 e. The molecule has 0 radical (unpaired) electrons. The van der Waals surface area contributed by atoms with E-state index < -0.39 is 6.04 Å². The average molecular weight is 496 g/mol. The number of imidazole rings is 1. The Labute approximate surface area is 217 Å². The van der Waals surface area contributed by atoms with E-state index in [0.29, 0.717) is 19.6 Å². The number of carbonyl (C=O) groups excluding carboxylic acids is 2. The van der Waals surface area contributed by atoms with E-state index in [1.54, 1.807) is 0 Å². The molecule has 0 saturated carbocycles. The molecule has 1 aliphatic rings. The van der Waals surface area contributed by atoms with Crippen molar-refractivity contribution < 1.29 is 9.59 Å². The van der Waals surface area contributed by atoms with Gasteiger partial charge in [-0.25, -0.2) is 4.98 Å². The summed E-state index contributed by atoms with van der Waals surface area (Å²) in [5, 5.41) is 3.05. The Hall–Kier alpha value is -4.13. The number of nitrogens with zero attached hydrogens (tertiary/aromatic N) is 4. The van der Waals surface area contributed by atoms with Gasteiger partial charge in [0.1, 0.15) is 11.9 Å². The fraction of sp³-hybridized carbons (Fsp3) is 0.300. The van der Waals surface area contributed by atoms with Gasteiger partial charge < -0.3 is 19.7 Å². The molecule has 0 unspecified atom stereocenters. The van der Waals surface area contributed by atoms with Gasteiger partial charge in [0.25, 0.3) is 0 Å². The highest BCUT2D eigenvalue weighted by atomic mass is 16.2. The molecular weight excluding hydrogens is 462 g/mol. The van der Waals surface area contributed by atoms with Crippen LogP contribution in [0.4, 0.5) is 5.69 Å². The lowest BCUT2D eigenvalue weighted by atomic mass is 10.0. The minimum atomic E-state index is -0.640. The molecule has 0 bridgehead atoms. The second-order valence-corrected chi connectivity index (χ2v) is 9.44. The standard InChI is InChI=1S/C30H33N5O2/c1-3-33(24-14-8-5-9-15-24)19-18-31-28(36)20-27-30(37)34(21-23-12-6-4-7-13-23)22(2)29-32-25-16-10-11-17-26(25)35(27)29/h4-17,22,27H,3,18-21H2,1-2H3,(H,31,36)/t22-,27+/m1/s1. The second kappa shape index (κ2) is 10.9. The van der Waals surface area contributed by atoms with Gasteiger partial charge in [-0.3, -0.25) is 9.59 Å². The molecule has 2 heterocycles. The van der Waals surface area contributed by atoms with Crippen LogP contribution in [-0.4, -0.2) is 45.9 Å². The van der Waals surface area contributed by atoms with Crippen molar-refractivity contribution in [1.29, 1.82) is 0 Å². The molecule has 0 spiro atoms. The van der Waals surface area contributed by atoms with Gasteiger partial charge in [0.2, 0.25) is 11.8 Å². The van der Waals surface area contributed by atoms with Crippen LogP contribution in [0.5, 0.6) is 0 Å². The van der Waals surface area contributed by atoms with Crippen LogP contribution in [0.1, 0.15) is 43.7 Å². The first-order chi connectivity index (χ1) is 18.1. The molecule has 7 heteroatoms. The van der Waals surface area contributed by atoms with Crippen molar-refractivity contribution in [2.24, 2.45) is 0 Å². The molecule has 1 N–H and O–H groups in total. The topological polar surface area (TPSA) is 70.5 Å². The first kappa shape index (κ1) is 24.6. The molecule has 4 aromatic rings. The number of para-hydroxylation sites is 3. The average Bonchev–Trinajstić information content (AvgIpc) is 3.32. The van der Waals surface area contributed by atoms with Crippen LogP contribution >= 0.6 is 0 Å². The molecule has 2 amide bonds. The number of fused-ring (bicyclic) bond motifs is 3. The fourth-order valence-electron chi connectivity index (χ4n) is 5.18. The Morgan fingerprint density at radius 3 is 2.38 bits per heavy atom. The summed E-state index contributed by atoms with van der Waals surface area (Å²) in [6.45, 7) is 6.63. The van der Waals surface area contributed by atoms with Gasteiger partial charge in [0.05, 0.1) is 23.5 Å². The van der Waals surface area contributed by atoms with Crippen molar-refractivity contribution in [2.45, 2.75) is 38.9 Å². The van der Waals surface area contributed by atoms with Gasteiger partial charge in [-0.1, -0.05) is 60.7 Å². The van der Waals surface area contributed by atoms with Crippen LogP contribution in [-0.2, 0) is 16.1 Å². The predicted octanol–water partition coefficient (Wildman–Crippen LogP) is 4.71. The fourth-order valence-corrected chi connectivity index (χ4v) is 5.18. The van der Waals surface area contributed by atoms with Crippen molar-refractivity contribution >= 4 is 28.5 Å². The minimum Gasteiger partial charge on any atom is -0.370 e. The van der Waals surface area contributed by atoms with Crippen molar-refractivity contribution in [3.63, 3.8) is 0 Å². The zero-order valence-corrected chi connectivity index (χ0v) is 21.4. The molecule has 7 nitrogen and oxygen atoms in total. The van der Waals surface area contributed by atoms with Crippen LogP contribution in [0.15, 0.2) is 84.9 Å². The zero-order valence-electron chi connectivity index (χ0n) is 21.4. The highest BCUT2D eigenvalue weighted by Crippen LogP contribution is 2.37. The maximum Gasteiger partial charge on any atom is 0.247 e. The quantitative estimate of drug-likeness (QED) is 0.365. The summed E-state index contributed by atoms with van der Waals surface area (Å²) in [4.78, 5) is 36.0. The molecule has 0 aliphatic carbocycles. The van der Waals surface area contributed by atoms with Gasteiger partial charge in [-0.15, -0.1) is 0 Å². The van der Waals surface area contributed by atoms with E-state index in [0.717, 1.165) is 34.7 Å². The first-order valence-electron chi connectivity index (χ1n) is 12.9. The number of hydrogen-bond acceptors (Lipinski definition) is 4. The third-order valence-corrected chi connectivity index (χ3v) is 7.13. The van der Waals surface area contributed by atoms with Crippen LogP contribution in [0.2, 0.25) is 0 Å². The molecule has 1 aliphatic heterocycles. The third kappa shape index (κ3) is 5.07. The Kier molecular flexibility index (Phi) is 7.21. The van der Waals surface area contributed by atoms with E-state index >= 15 is 0 Å². The molecule has 3 aromatic carbocycles. The van der Waals surface area contributed by atoms with Crippen LogP contribution < -0.4 is 10.2 Å². The summed E-state index contributed by atoms with van der Waals surface area (Å²) >= 11 is 0. The Morgan fingerprint density at radius 1 is 0.973 bits per heavy atom. The number of benzene rings is 3. The van der Waals surface area contributed by atoms with E-state index in [1.807, 2.05) is 89.2 Å². The SMILES string of the molecule is CCN(CCNC(=O)C[C@H]1C(=O)N(Cc2ccccc2)[C@H](C)c2nc3ccccc3n21)c1ccccc1. The number of carbonyl (C=O) groups is 2. The normalized spacial score (nSPS) is 17.0. The molecule has 0 fully saturated rings. The maximum absolute atomic E-state index is 13.9. The highest BCUT2D eigenvalue weighted by molar-refractivity contribution is 5.90. The van der Waals surface area contributed by atoms with E-state index in [2.05, 4.69) is 29.3 Å².